The number of phosphoric acid groups is 3. The Morgan fingerprint density at radius 3 is 2.36 bits per heavy atom. The predicted octanol–water partition coefficient (Wildman–Crippen LogP) is -0.612. The van der Waals surface area contributed by atoms with Crippen LogP contribution >= 0.6 is 34.4 Å². The van der Waals surface area contributed by atoms with Gasteiger partial charge in [-0.25, -0.2) is 33.4 Å². The molecule has 0 bridgehead atoms. The van der Waals surface area contributed by atoms with Crippen LogP contribution in [0.25, 0.3) is 11.2 Å². The SMILES string of the molecule is CC(C)(COP(=O)(O)OP(=O)(O)OC[C@H]1O[C@@H](n2cnc3c(N)ncnc32)[C@H](O)[C@@H]1OP(=O)(O)O)C(O)C(=O)NCCC(=O)NCC[SH](C(=O)O)C1CCCCC1O. The van der Waals surface area contributed by atoms with Crippen LogP contribution in [0.3, 0.4) is 0 Å². The third kappa shape index (κ3) is 13.2. The van der Waals surface area contributed by atoms with Gasteiger partial charge in [0.25, 0.3) is 0 Å². The van der Waals surface area contributed by atoms with Crippen molar-refractivity contribution in [2.24, 2.45) is 5.41 Å². The fraction of sp³-hybridized carbons (Fsp3) is 0.714. The van der Waals surface area contributed by atoms with Crippen molar-refractivity contribution in [3.8, 4) is 0 Å². The predicted molar refractivity (Wildman–Crippen MR) is 200 cm³/mol. The van der Waals surface area contributed by atoms with E-state index in [4.69, 9.17) is 19.5 Å². The van der Waals surface area contributed by atoms with Crippen LogP contribution in [-0.2, 0) is 45.9 Å². The number of nitrogen functional groups attached to an aromatic ring is 1. The van der Waals surface area contributed by atoms with E-state index in [0.717, 1.165) is 30.1 Å². The van der Waals surface area contributed by atoms with Crippen molar-refractivity contribution in [1.29, 1.82) is 0 Å². The van der Waals surface area contributed by atoms with Gasteiger partial charge >= 0.3 is 28.8 Å². The van der Waals surface area contributed by atoms with Crippen LogP contribution in [-0.4, -0.2) is 144 Å². The molecule has 26 nitrogen and oxygen atoms in total. The van der Waals surface area contributed by atoms with Gasteiger partial charge in [-0.1, -0.05) is 26.7 Å². The molecule has 0 aromatic carbocycles. The first-order chi connectivity index (χ1) is 26.9. The van der Waals surface area contributed by atoms with Crippen LogP contribution in [0.4, 0.5) is 10.6 Å². The average molecular weight is 912 g/mol. The quantitative estimate of drug-likeness (QED) is 0.0582. The van der Waals surface area contributed by atoms with Crippen molar-refractivity contribution >= 4 is 68.5 Å². The molecule has 58 heavy (non-hydrogen) atoms. The number of carbonyl (C=O) groups is 3. The Hall–Kier alpha value is -2.68. The molecule has 2 aliphatic rings. The standard InChI is InChI=1S/C28H48N7O19P3S/c1-28(2,22(39)25(40)31-8-7-18(37)30-9-10-58(27(41)42)17-6-4-3-5-15(17)36)12-51-57(48,49)54-56(46,47)50-11-16-21(53-55(43,44)45)20(38)26(52-16)35-14-34-19-23(29)32-13-33-24(19)35/h13-17,20-22,26,36,38-39,58H,3-12H2,1-2H3,(H,30,37)(H,31,40)(H,41,42)(H,46,47)(H,48,49)(H2,29,32,33)(H2,43,44,45)/t15?,16-,17?,20-,21-,22?,26-/m1/s1. The second-order valence-electron chi connectivity index (χ2n) is 14.0. The van der Waals surface area contributed by atoms with Crippen LogP contribution < -0.4 is 16.4 Å². The highest BCUT2D eigenvalue weighted by atomic mass is 32.2. The van der Waals surface area contributed by atoms with Crippen LogP contribution in [0.5, 0.6) is 0 Å². The Morgan fingerprint density at radius 1 is 1.03 bits per heavy atom. The van der Waals surface area contributed by atoms with Crippen molar-refractivity contribution in [3.63, 3.8) is 0 Å². The zero-order valence-electron chi connectivity index (χ0n) is 31.0. The number of imidazole rings is 1. The summed E-state index contributed by atoms with van der Waals surface area (Å²) in [4.78, 5) is 87.7. The molecule has 2 aromatic rings. The molecule has 1 aliphatic heterocycles. The summed E-state index contributed by atoms with van der Waals surface area (Å²) in [7, 11) is -18.0. The minimum absolute atomic E-state index is 0.0217. The smallest absolute Gasteiger partial charge is 0.474 e. The van der Waals surface area contributed by atoms with E-state index in [1.807, 2.05) is 0 Å². The fourth-order valence-corrected chi connectivity index (χ4v) is 11.2. The van der Waals surface area contributed by atoms with Crippen LogP contribution in [0.1, 0.15) is 52.2 Å². The number of nitrogens with zero attached hydrogens (tertiary/aromatic N) is 4. The van der Waals surface area contributed by atoms with Crippen LogP contribution in [0.2, 0.25) is 0 Å². The minimum atomic E-state index is -5.59. The van der Waals surface area contributed by atoms with Crippen molar-refractivity contribution in [3.05, 3.63) is 12.7 Å². The number of fused-ring (bicyclic) bond motifs is 1. The first kappa shape index (κ1) is 48.0. The number of nitrogens with two attached hydrogens (primary N) is 1. The summed E-state index contributed by atoms with van der Waals surface area (Å²) in [6, 6.07) is 0. The van der Waals surface area contributed by atoms with Gasteiger partial charge in [-0.3, -0.25) is 27.7 Å². The van der Waals surface area contributed by atoms with Crippen molar-refractivity contribution in [1.82, 2.24) is 30.2 Å². The molecule has 12 N–H and O–H groups in total. The maximum Gasteiger partial charge on any atom is 0.481 e. The summed E-state index contributed by atoms with van der Waals surface area (Å²) in [6.45, 7) is 0.177. The number of thiol groups is 1. The number of aliphatic hydroxyl groups is 3. The van der Waals surface area contributed by atoms with Crippen molar-refractivity contribution in [2.45, 2.75) is 87.9 Å². The number of amides is 2. The first-order valence-electron chi connectivity index (χ1n) is 17.5. The molecule has 2 fully saturated rings. The number of aromatic nitrogens is 4. The molecule has 1 saturated carbocycles. The number of carbonyl (C=O) groups excluding carboxylic acids is 2. The lowest BCUT2D eigenvalue weighted by atomic mass is 9.87. The molecule has 10 atom stereocenters. The number of hydrogen-bond donors (Lipinski definition) is 12. The molecule has 2 aromatic heterocycles. The van der Waals surface area contributed by atoms with Gasteiger partial charge in [0.05, 0.1) is 25.6 Å². The summed E-state index contributed by atoms with van der Waals surface area (Å²) in [5, 5.41) is 44.9. The number of ether oxygens (including phenoxy) is 1. The van der Waals surface area contributed by atoms with Crippen LogP contribution in [0, 0.1) is 5.41 Å². The van der Waals surface area contributed by atoms with E-state index in [1.165, 1.54) is 13.8 Å². The number of aliphatic hydroxyl groups excluding tert-OH is 3. The molecule has 1 aliphatic carbocycles. The molecule has 1 saturated heterocycles. The zero-order chi connectivity index (χ0) is 43.2. The topological polar surface area (TPSA) is 404 Å². The van der Waals surface area contributed by atoms with E-state index in [9.17, 15) is 68.1 Å². The van der Waals surface area contributed by atoms with Gasteiger partial charge in [0.2, 0.25) is 11.8 Å². The normalized spacial score (nSPS) is 26.3. The highest BCUT2D eigenvalue weighted by Gasteiger charge is 2.50. The monoisotopic (exact) mass is 911 g/mol. The Morgan fingerprint density at radius 2 is 1.71 bits per heavy atom. The number of nitrogens with one attached hydrogen (secondary N) is 2. The molecule has 2 amide bonds. The van der Waals surface area contributed by atoms with E-state index in [2.05, 4.69) is 34.4 Å². The van der Waals surface area contributed by atoms with E-state index in [1.54, 1.807) is 0 Å². The molecule has 0 radical (unpaired) electrons. The van der Waals surface area contributed by atoms with E-state index in [0.29, 0.717) is 12.8 Å². The van der Waals surface area contributed by atoms with Crippen LogP contribution in [0.15, 0.2) is 12.7 Å². The third-order valence-electron chi connectivity index (χ3n) is 9.09. The first-order valence-corrected chi connectivity index (χ1v) is 23.6. The number of anilines is 1. The van der Waals surface area contributed by atoms with Gasteiger partial charge in [-0.2, -0.15) is 4.31 Å². The Kier molecular flexibility index (Phi) is 16.4. The fourth-order valence-electron chi connectivity index (χ4n) is 6.11. The number of rotatable bonds is 20. The minimum Gasteiger partial charge on any atom is -0.474 e. The summed E-state index contributed by atoms with van der Waals surface area (Å²) in [6.07, 6.45) is -5.05. The highest BCUT2D eigenvalue weighted by molar-refractivity contribution is 8.29. The molecule has 6 unspecified atom stereocenters. The molecule has 30 heteroatoms. The maximum atomic E-state index is 12.7. The Balaban J connectivity index is 1.24. The molecule has 3 heterocycles. The molecular weight excluding hydrogens is 863 g/mol. The van der Waals surface area contributed by atoms with E-state index >= 15 is 0 Å². The Labute approximate surface area is 332 Å². The lowest BCUT2D eigenvalue weighted by molar-refractivity contribution is -0.137. The third-order valence-corrected chi connectivity index (χ3v) is 14.8. The van der Waals surface area contributed by atoms with Gasteiger partial charge in [-0.05, 0) is 12.8 Å². The summed E-state index contributed by atoms with van der Waals surface area (Å²) in [5.74, 6) is -1.44. The van der Waals surface area contributed by atoms with Gasteiger partial charge < -0.3 is 61.1 Å². The summed E-state index contributed by atoms with van der Waals surface area (Å²) in [5.41, 5.74) is 4.21. The molecule has 4 rings (SSSR count). The maximum absolute atomic E-state index is 12.7. The lowest BCUT2D eigenvalue weighted by Crippen LogP contribution is -2.46. The van der Waals surface area contributed by atoms with Gasteiger partial charge in [0.15, 0.2) is 17.7 Å². The number of phosphoric ester groups is 3. The number of hydrogen-bond acceptors (Lipinski definition) is 18. The van der Waals surface area contributed by atoms with E-state index in [-0.39, 0.29) is 47.5 Å². The average Bonchev–Trinajstić information content (AvgIpc) is 3.68. The highest BCUT2D eigenvalue weighted by Crippen LogP contribution is 2.61. The van der Waals surface area contributed by atoms with Gasteiger partial charge in [-0.15, -0.1) is 10.9 Å². The molecule has 0 spiro atoms. The van der Waals surface area contributed by atoms with E-state index < -0.39 is 107 Å². The molecular formula is C28H48N7O19P3S. The van der Waals surface area contributed by atoms with Gasteiger partial charge in [0, 0.05) is 35.9 Å². The number of carboxylic acid groups (broad SMARTS) is 1. The second-order valence-corrected chi connectivity index (χ2v) is 20.6. The molecule has 330 valence electrons. The van der Waals surface area contributed by atoms with Gasteiger partial charge in [0.1, 0.15) is 36.3 Å². The summed E-state index contributed by atoms with van der Waals surface area (Å²) < 4.78 is 62.1. The van der Waals surface area contributed by atoms with Crippen molar-refractivity contribution < 1.29 is 90.7 Å². The van der Waals surface area contributed by atoms with Crippen molar-refractivity contribution in [2.75, 3.05) is 37.8 Å². The second kappa shape index (κ2) is 19.8. The zero-order valence-corrected chi connectivity index (χ0v) is 34.6. The Bertz CT molecular complexity index is 1920. The lowest BCUT2D eigenvalue weighted by Gasteiger charge is -2.34. The summed E-state index contributed by atoms with van der Waals surface area (Å²) >= 11 is 0. The largest absolute Gasteiger partial charge is 0.481 e.